The van der Waals surface area contributed by atoms with Gasteiger partial charge in [-0.25, -0.2) is 4.99 Å². The molecule has 1 aromatic rings. The molecular formula is C21H26N6O7. The van der Waals surface area contributed by atoms with Gasteiger partial charge in [-0.05, 0) is 37.1 Å². The third kappa shape index (κ3) is 5.42. The number of aliphatic carboxylic acids is 2. The van der Waals surface area contributed by atoms with Crippen LogP contribution in [0.1, 0.15) is 29.6 Å². The van der Waals surface area contributed by atoms with Gasteiger partial charge in [-0.15, -0.1) is 0 Å². The van der Waals surface area contributed by atoms with Crippen LogP contribution in [0.2, 0.25) is 0 Å². The molecule has 0 radical (unpaired) electrons. The molecular weight excluding hydrogens is 448 g/mol. The first kappa shape index (κ1) is 24.5. The van der Waals surface area contributed by atoms with Gasteiger partial charge < -0.3 is 36.4 Å². The van der Waals surface area contributed by atoms with Crippen LogP contribution < -0.4 is 11.5 Å². The van der Waals surface area contributed by atoms with Crippen molar-refractivity contribution in [1.82, 2.24) is 14.7 Å². The lowest BCUT2D eigenvalue weighted by Crippen LogP contribution is -2.62. The quantitative estimate of drug-likeness (QED) is 0.276. The molecule has 0 saturated carbocycles. The van der Waals surface area contributed by atoms with Crippen LogP contribution in [0.25, 0.3) is 0 Å². The lowest BCUT2D eigenvalue weighted by atomic mass is 10.0. The zero-order chi connectivity index (χ0) is 25.0. The lowest BCUT2D eigenvalue weighted by Gasteiger charge is -2.41. The summed E-state index contributed by atoms with van der Waals surface area (Å²) < 4.78 is 0. The van der Waals surface area contributed by atoms with E-state index < -0.39 is 54.7 Å². The summed E-state index contributed by atoms with van der Waals surface area (Å²) >= 11 is 0. The van der Waals surface area contributed by atoms with Gasteiger partial charge in [0.2, 0.25) is 11.8 Å². The Morgan fingerprint density at radius 1 is 0.971 bits per heavy atom. The fourth-order valence-corrected chi connectivity index (χ4v) is 4.24. The number of aliphatic imine (C=N–C) groups is 1. The average molecular weight is 474 g/mol. The molecule has 0 spiro atoms. The summed E-state index contributed by atoms with van der Waals surface area (Å²) in [7, 11) is 0. The molecule has 2 heterocycles. The fourth-order valence-electron chi connectivity index (χ4n) is 4.24. The number of nitrogens with zero attached hydrogens (tertiary/aromatic N) is 4. The van der Waals surface area contributed by atoms with Gasteiger partial charge in [0, 0.05) is 25.2 Å². The Balaban J connectivity index is 1.79. The highest BCUT2D eigenvalue weighted by Crippen LogP contribution is 2.26. The van der Waals surface area contributed by atoms with Crippen LogP contribution in [0.15, 0.2) is 29.3 Å². The molecule has 2 fully saturated rings. The van der Waals surface area contributed by atoms with E-state index in [0.29, 0.717) is 30.6 Å². The second-order valence-corrected chi connectivity index (χ2v) is 8.04. The number of amides is 3. The Morgan fingerprint density at radius 3 is 2.24 bits per heavy atom. The first-order valence-corrected chi connectivity index (χ1v) is 10.6. The Morgan fingerprint density at radius 2 is 1.65 bits per heavy atom. The number of rotatable bonds is 7. The Bertz CT molecular complexity index is 1020. The van der Waals surface area contributed by atoms with Crippen molar-refractivity contribution in [3.63, 3.8) is 0 Å². The molecule has 2 atom stereocenters. The number of guanidine groups is 1. The largest absolute Gasteiger partial charge is 0.481 e. The summed E-state index contributed by atoms with van der Waals surface area (Å²) in [6.45, 7) is -0.330. The van der Waals surface area contributed by atoms with Gasteiger partial charge in [-0.3, -0.25) is 24.0 Å². The number of piperazine rings is 1. The summed E-state index contributed by atoms with van der Waals surface area (Å²) in [5.41, 5.74) is 11.5. The molecule has 182 valence electrons. The maximum atomic E-state index is 13.4. The molecule has 2 aliphatic heterocycles. The van der Waals surface area contributed by atoms with Crippen LogP contribution in [0, 0.1) is 0 Å². The van der Waals surface area contributed by atoms with Crippen LogP contribution in [-0.4, -0.2) is 98.8 Å². The van der Waals surface area contributed by atoms with Crippen LogP contribution in [0.3, 0.4) is 0 Å². The van der Waals surface area contributed by atoms with E-state index in [9.17, 15) is 29.1 Å². The summed E-state index contributed by atoms with van der Waals surface area (Å²) in [4.78, 5) is 69.2. The standard InChI is InChI=1S/C21H26N6O7/c22-21(23)24-13-5-3-12(4-6-13)18(32)26-7-1-2-14(26)20(34)27-9-8-25(11-17(30)31)19(33)15(27)10-16(28)29/h3-6,14-15H,1-2,7-11H2,(H,28,29)(H,30,31)(H4,22,23,24)/t14-,15?/m0/s1. The van der Waals surface area contributed by atoms with Crippen LogP contribution in [-0.2, 0) is 19.2 Å². The maximum absolute atomic E-state index is 13.4. The van der Waals surface area contributed by atoms with Gasteiger partial charge in [0.25, 0.3) is 5.91 Å². The first-order valence-electron chi connectivity index (χ1n) is 10.6. The van der Waals surface area contributed by atoms with E-state index in [1.807, 2.05) is 0 Å². The van der Waals surface area contributed by atoms with Crippen LogP contribution >= 0.6 is 0 Å². The number of hydrogen-bond donors (Lipinski definition) is 4. The second-order valence-electron chi connectivity index (χ2n) is 8.04. The number of hydrogen-bond acceptors (Lipinski definition) is 6. The van der Waals surface area contributed by atoms with Crippen molar-refractivity contribution in [2.24, 2.45) is 16.5 Å². The monoisotopic (exact) mass is 474 g/mol. The molecule has 34 heavy (non-hydrogen) atoms. The molecule has 3 rings (SSSR count). The number of carbonyl (C=O) groups excluding carboxylic acids is 3. The summed E-state index contributed by atoms with van der Waals surface area (Å²) in [5, 5.41) is 18.3. The molecule has 6 N–H and O–H groups in total. The van der Waals surface area contributed by atoms with Gasteiger partial charge in [-0.1, -0.05) is 0 Å². The average Bonchev–Trinajstić information content (AvgIpc) is 3.25. The van der Waals surface area contributed by atoms with Crippen LogP contribution in [0.4, 0.5) is 5.69 Å². The van der Waals surface area contributed by atoms with Gasteiger partial charge in [0.15, 0.2) is 5.96 Å². The van der Waals surface area contributed by atoms with E-state index in [2.05, 4.69) is 4.99 Å². The lowest BCUT2D eigenvalue weighted by molar-refractivity contribution is -0.159. The molecule has 2 aliphatic rings. The van der Waals surface area contributed by atoms with Crippen molar-refractivity contribution in [3.05, 3.63) is 29.8 Å². The molecule has 1 unspecified atom stereocenters. The fraction of sp³-hybridized carbons (Fsp3) is 0.429. The first-order chi connectivity index (χ1) is 16.1. The molecule has 1 aromatic carbocycles. The number of carboxylic acids is 2. The minimum absolute atomic E-state index is 0.0262. The normalized spacial score (nSPS) is 20.2. The third-order valence-electron chi connectivity index (χ3n) is 5.73. The Hall–Kier alpha value is -4.16. The van der Waals surface area contributed by atoms with Gasteiger partial charge in [-0.2, -0.15) is 0 Å². The van der Waals surface area contributed by atoms with Gasteiger partial charge in [0.05, 0.1) is 12.1 Å². The van der Waals surface area contributed by atoms with E-state index in [-0.39, 0.29) is 19.0 Å². The molecule has 2 saturated heterocycles. The van der Waals surface area contributed by atoms with Crippen molar-refractivity contribution in [2.45, 2.75) is 31.3 Å². The van der Waals surface area contributed by atoms with Gasteiger partial charge in [0.1, 0.15) is 18.6 Å². The van der Waals surface area contributed by atoms with E-state index in [4.69, 9.17) is 16.6 Å². The predicted octanol–water partition coefficient (Wildman–Crippen LogP) is -1.21. The number of carbonyl (C=O) groups is 5. The zero-order valence-electron chi connectivity index (χ0n) is 18.3. The summed E-state index contributed by atoms with van der Waals surface area (Å²) in [6.07, 6.45) is 0.262. The highest BCUT2D eigenvalue weighted by molar-refractivity contribution is 6.00. The minimum atomic E-state index is -1.34. The number of likely N-dealkylation sites (tertiary alicyclic amines) is 1. The van der Waals surface area contributed by atoms with Crippen molar-refractivity contribution in [2.75, 3.05) is 26.2 Å². The second kappa shape index (κ2) is 10.2. The molecule has 3 amide bonds. The van der Waals surface area contributed by atoms with E-state index in [1.165, 1.54) is 17.0 Å². The Labute approximate surface area is 194 Å². The van der Waals surface area contributed by atoms with E-state index in [0.717, 1.165) is 9.80 Å². The minimum Gasteiger partial charge on any atom is -0.481 e. The molecule has 0 bridgehead atoms. The maximum Gasteiger partial charge on any atom is 0.323 e. The molecule has 13 heteroatoms. The highest BCUT2D eigenvalue weighted by atomic mass is 16.4. The summed E-state index contributed by atoms with van der Waals surface area (Å²) in [6, 6.07) is 3.98. The number of nitrogens with two attached hydrogens (primary N) is 2. The SMILES string of the molecule is NC(N)=Nc1ccc(C(=O)N2CCC[C@H]2C(=O)N2CCN(CC(=O)O)C(=O)C2CC(=O)O)cc1. The Kier molecular flexibility index (Phi) is 7.34. The third-order valence-corrected chi connectivity index (χ3v) is 5.73. The molecule has 0 aromatic heterocycles. The van der Waals surface area contributed by atoms with E-state index in [1.54, 1.807) is 12.1 Å². The summed E-state index contributed by atoms with van der Waals surface area (Å²) in [5.74, 6) is -4.32. The zero-order valence-corrected chi connectivity index (χ0v) is 18.3. The predicted molar refractivity (Wildman–Crippen MR) is 118 cm³/mol. The van der Waals surface area contributed by atoms with Crippen LogP contribution in [0.5, 0.6) is 0 Å². The van der Waals surface area contributed by atoms with Crippen molar-refractivity contribution >= 4 is 41.3 Å². The van der Waals surface area contributed by atoms with Crippen molar-refractivity contribution in [1.29, 1.82) is 0 Å². The highest BCUT2D eigenvalue weighted by Gasteiger charge is 2.44. The number of carboxylic acid groups (broad SMARTS) is 2. The molecule has 0 aliphatic carbocycles. The smallest absolute Gasteiger partial charge is 0.323 e. The van der Waals surface area contributed by atoms with Gasteiger partial charge >= 0.3 is 11.9 Å². The molecule has 13 nitrogen and oxygen atoms in total. The number of benzene rings is 1. The van der Waals surface area contributed by atoms with Crippen molar-refractivity contribution in [3.8, 4) is 0 Å². The van der Waals surface area contributed by atoms with E-state index >= 15 is 0 Å². The van der Waals surface area contributed by atoms with Crippen molar-refractivity contribution < 1.29 is 34.2 Å². The topological polar surface area (TPSA) is 200 Å².